The smallest absolute Gasteiger partial charge is 0.254 e. The highest BCUT2D eigenvalue weighted by atomic mass is 16.2. The van der Waals surface area contributed by atoms with Crippen LogP contribution in [0.3, 0.4) is 0 Å². The van der Waals surface area contributed by atoms with Crippen LogP contribution in [0.15, 0.2) is 23.1 Å². The lowest BCUT2D eigenvalue weighted by Gasteiger charge is -2.36. The Morgan fingerprint density at radius 3 is 3.00 bits per heavy atom. The molecule has 92 valence electrons. The second-order valence-corrected chi connectivity index (χ2v) is 4.57. The number of piperidine rings is 1. The van der Waals surface area contributed by atoms with Crippen molar-refractivity contribution in [1.29, 1.82) is 0 Å². The molecule has 17 heavy (non-hydrogen) atoms. The number of H-pyrrole nitrogens is 1. The van der Waals surface area contributed by atoms with Crippen molar-refractivity contribution in [3.63, 3.8) is 0 Å². The third kappa shape index (κ3) is 2.55. The number of carbonyl (C=O) groups excluding carboxylic acids is 1. The molecule has 0 saturated carbocycles. The molecule has 0 spiro atoms. The number of carbonyl (C=O) groups is 1. The number of nitrogens with two attached hydrogens (primary N) is 1. The molecule has 1 fully saturated rings. The summed E-state index contributed by atoms with van der Waals surface area (Å²) in [6.07, 6.45) is 3.13. The van der Waals surface area contributed by atoms with Gasteiger partial charge in [-0.3, -0.25) is 9.59 Å². The van der Waals surface area contributed by atoms with Crippen molar-refractivity contribution in [2.24, 2.45) is 5.73 Å². The van der Waals surface area contributed by atoms with Gasteiger partial charge in [0.25, 0.3) is 5.91 Å². The summed E-state index contributed by atoms with van der Waals surface area (Å²) in [4.78, 5) is 27.7. The number of likely N-dealkylation sites (tertiary alicyclic amines) is 1. The summed E-state index contributed by atoms with van der Waals surface area (Å²) in [6.45, 7) is 2.65. The SMILES string of the molecule is CC1CC(N)CCN1C(=O)c1cc[nH]c(=O)c1. The molecular weight excluding hydrogens is 218 g/mol. The van der Waals surface area contributed by atoms with Crippen LogP contribution in [0.2, 0.25) is 0 Å². The van der Waals surface area contributed by atoms with Gasteiger partial charge in [-0.1, -0.05) is 0 Å². The van der Waals surface area contributed by atoms with Gasteiger partial charge in [0.1, 0.15) is 0 Å². The summed E-state index contributed by atoms with van der Waals surface area (Å²) in [5.74, 6) is -0.0875. The van der Waals surface area contributed by atoms with Crippen LogP contribution >= 0.6 is 0 Å². The first kappa shape index (κ1) is 11.9. The fourth-order valence-electron chi connectivity index (χ4n) is 2.25. The van der Waals surface area contributed by atoms with Gasteiger partial charge in [0, 0.05) is 36.5 Å². The van der Waals surface area contributed by atoms with Crippen molar-refractivity contribution in [2.75, 3.05) is 6.54 Å². The standard InChI is InChI=1S/C12H17N3O2/c1-8-6-10(13)3-5-15(8)12(17)9-2-4-14-11(16)7-9/h2,4,7-8,10H,3,5-6,13H2,1H3,(H,14,16). The first-order valence-electron chi connectivity index (χ1n) is 5.83. The normalized spacial score (nSPS) is 24.7. The molecule has 0 bridgehead atoms. The number of hydrogen-bond acceptors (Lipinski definition) is 3. The van der Waals surface area contributed by atoms with E-state index in [9.17, 15) is 9.59 Å². The molecular formula is C12H17N3O2. The lowest BCUT2D eigenvalue weighted by Crippen LogP contribution is -2.48. The summed E-state index contributed by atoms with van der Waals surface area (Å²) < 4.78 is 0. The minimum Gasteiger partial charge on any atom is -0.336 e. The van der Waals surface area contributed by atoms with E-state index in [4.69, 9.17) is 5.73 Å². The molecule has 2 atom stereocenters. The Balaban J connectivity index is 2.18. The first-order chi connectivity index (χ1) is 8.08. The highest BCUT2D eigenvalue weighted by Gasteiger charge is 2.27. The van der Waals surface area contributed by atoms with Crippen LogP contribution in [0, 0.1) is 0 Å². The average Bonchev–Trinajstić information content (AvgIpc) is 2.28. The van der Waals surface area contributed by atoms with Gasteiger partial charge in [0.2, 0.25) is 5.56 Å². The van der Waals surface area contributed by atoms with E-state index in [1.165, 1.54) is 12.3 Å². The van der Waals surface area contributed by atoms with E-state index >= 15 is 0 Å². The molecule has 1 saturated heterocycles. The summed E-state index contributed by atoms with van der Waals surface area (Å²) in [5, 5.41) is 0. The van der Waals surface area contributed by atoms with E-state index in [-0.39, 0.29) is 23.6 Å². The van der Waals surface area contributed by atoms with Gasteiger partial charge in [-0.05, 0) is 25.8 Å². The van der Waals surface area contributed by atoms with Crippen LogP contribution in [0.4, 0.5) is 0 Å². The summed E-state index contributed by atoms with van der Waals surface area (Å²) in [6, 6.07) is 3.27. The molecule has 2 unspecified atom stereocenters. The van der Waals surface area contributed by atoms with E-state index in [2.05, 4.69) is 4.98 Å². The van der Waals surface area contributed by atoms with E-state index in [1.807, 2.05) is 6.92 Å². The maximum atomic E-state index is 12.2. The van der Waals surface area contributed by atoms with Crippen molar-refractivity contribution in [3.8, 4) is 0 Å². The number of nitrogens with zero attached hydrogens (tertiary/aromatic N) is 1. The van der Waals surface area contributed by atoms with Gasteiger partial charge in [0.15, 0.2) is 0 Å². The number of nitrogens with one attached hydrogen (secondary N) is 1. The predicted molar refractivity (Wildman–Crippen MR) is 64.8 cm³/mol. The van der Waals surface area contributed by atoms with Crippen LogP contribution < -0.4 is 11.3 Å². The molecule has 0 aliphatic carbocycles. The topological polar surface area (TPSA) is 79.2 Å². The molecule has 1 aromatic heterocycles. The Hall–Kier alpha value is -1.62. The zero-order valence-electron chi connectivity index (χ0n) is 9.85. The summed E-state index contributed by atoms with van der Waals surface area (Å²) in [5.41, 5.74) is 6.05. The average molecular weight is 235 g/mol. The Kier molecular flexibility index (Phi) is 3.28. The zero-order valence-corrected chi connectivity index (χ0v) is 9.85. The van der Waals surface area contributed by atoms with Gasteiger partial charge in [-0.15, -0.1) is 0 Å². The molecule has 1 aliphatic heterocycles. The van der Waals surface area contributed by atoms with Gasteiger partial charge in [-0.2, -0.15) is 0 Å². The molecule has 2 heterocycles. The highest BCUT2D eigenvalue weighted by Crippen LogP contribution is 2.18. The number of aromatic nitrogens is 1. The number of aromatic amines is 1. The molecule has 3 N–H and O–H groups in total. The van der Waals surface area contributed by atoms with Crippen molar-refractivity contribution in [2.45, 2.75) is 31.8 Å². The molecule has 1 aromatic rings. The molecule has 1 aliphatic rings. The summed E-state index contributed by atoms with van der Waals surface area (Å²) in [7, 11) is 0. The van der Waals surface area contributed by atoms with Crippen molar-refractivity contribution in [1.82, 2.24) is 9.88 Å². The Bertz CT molecular complexity index is 469. The van der Waals surface area contributed by atoms with Gasteiger partial charge >= 0.3 is 0 Å². The lowest BCUT2D eigenvalue weighted by molar-refractivity contribution is 0.0619. The van der Waals surface area contributed by atoms with Crippen molar-refractivity contribution < 1.29 is 4.79 Å². The van der Waals surface area contributed by atoms with Crippen LogP contribution in [0.5, 0.6) is 0 Å². The van der Waals surface area contributed by atoms with Crippen LogP contribution in [-0.2, 0) is 0 Å². The Labute approximate surface area is 99.6 Å². The minimum absolute atomic E-state index is 0.0875. The van der Waals surface area contributed by atoms with E-state index in [0.717, 1.165) is 12.8 Å². The van der Waals surface area contributed by atoms with Gasteiger partial charge < -0.3 is 15.6 Å². The van der Waals surface area contributed by atoms with Crippen LogP contribution in [0.25, 0.3) is 0 Å². The van der Waals surface area contributed by atoms with E-state index in [1.54, 1.807) is 11.0 Å². The van der Waals surface area contributed by atoms with Gasteiger partial charge in [-0.25, -0.2) is 0 Å². The van der Waals surface area contributed by atoms with Crippen molar-refractivity contribution >= 4 is 5.91 Å². The predicted octanol–water partition coefficient (Wildman–Crippen LogP) is 0.327. The zero-order chi connectivity index (χ0) is 12.4. The third-order valence-electron chi connectivity index (χ3n) is 3.20. The third-order valence-corrected chi connectivity index (χ3v) is 3.20. The van der Waals surface area contributed by atoms with E-state index < -0.39 is 0 Å². The number of amides is 1. The number of pyridine rings is 1. The fourth-order valence-corrected chi connectivity index (χ4v) is 2.25. The second-order valence-electron chi connectivity index (χ2n) is 4.57. The molecule has 2 rings (SSSR count). The quantitative estimate of drug-likeness (QED) is 0.736. The molecule has 0 aromatic carbocycles. The maximum absolute atomic E-state index is 12.2. The Morgan fingerprint density at radius 2 is 2.35 bits per heavy atom. The largest absolute Gasteiger partial charge is 0.336 e. The first-order valence-corrected chi connectivity index (χ1v) is 5.83. The highest BCUT2D eigenvalue weighted by molar-refractivity contribution is 5.94. The number of rotatable bonds is 1. The molecule has 5 heteroatoms. The second kappa shape index (κ2) is 4.71. The molecule has 1 amide bonds. The van der Waals surface area contributed by atoms with Gasteiger partial charge in [0.05, 0.1) is 0 Å². The van der Waals surface area contributed by atoms with Crippen LogP contribution in [-0.4, -0.2) is 34.4 Å². The molecule has 5 nitrogen and oxygen atoms in total. The van der Waals surface area contributed by atoms with E-state index in [0.29, 0.717) is 12.1 Å². The Morgan fingerprint density at radius 1 is 1.59 bits per heavy atom. The maximum Gasteiger partial charge on any atom is 0.254 e. The van der Waals surface area contributed by atoms with Crippen molar-refractivity contribution in [3.05, 3.63) is 34.2 Å². The summed E-state index contributed by atoms with van der Waals surface area (Å²) >= 11 is 0. The fraction of sp³-hybridized carbons (Fsp3) is 0.500. The minimum atomic E-state index is -0.253. The molecule has 0 radical (unpaired) electrons. The lowest BCUT2D eigenvalue weighted by atomic mass is 9.98. The number of hydrogen-bond donors (Lipinski definition) is 2. The monoisotopic (exact) mass is 235 g/mol. The van der Waals surface area contributed by atoms with Crippen LogP contribution in [0.1, 0.15) is 30.1 Å².